The quantitative estimate of drug-likeness (QED) is 0.183. The molecule has 0 saturated carbocycles. The fraction of sp³-hybridized carbons (Fsp3) is 0. The highest BCUT2D eigenvalue weighted by atomic mass is 15.2. The van der Waals surface area contributed by atoms with Gasteiger partial charge < -0.3 is 0 Å². The van der Waals surface area contributed by atoms with Crippen molar-refractivity contribution in [1.82, 2.24) is 19.5 Å². The van der Waals surface area contributed by atoms with Crippen molar-refractivity contribution in [2.75, 3.05) is 0 Å². The zero-order valence-electron chi connectivity index (χ0n) is 34.9. The molecular weight excluding hydrogens is 597 g/mol. The zero-order valence-corrected chi connectivity index (χ0v) is 25.9. The van der Waals surface area contributed by atoms with Gasteiger partial charge in [0, 0.05) is 21.9 Å². The lowest BCUT2D eigenvalue weighted by Crippen LogP contribution is -2.06. The molecule has 0 N–H and O–H groups in total. The number of benzene rings is 7. The molecule has 0 aliphatic carbocycles. The van der Waals surface area contributed by atoms with Gasteiger partial charge >= 0.3 is 0 Å². The Morgan fingerprint density at radius 3 is 1.76 bits per heavy atom. The molecule has 0 fully saturated rings. The summed E-state index contributed by atoms with van der Waals surface area (Å²) in [6, 6.07) is 36.5. The van der Waals surface area contributed by atoms with Crippen molar-refractivity contribution >= 4 is 21.8 Å². The van der Waals surface area contributed by atoms with Crippen LogP contribution in [0.15, 0.2) is 182 Å². The summed E-state index contributed by atoms with van der Waals surface area (Å²) in [6.07, 6.45) is 0. The molecule has 230 valence electrons. The molecule has 0 unspecified atom stereocenters. The molecule has 0 spiro atoms. The maximum atomic E-state index is 9.19. The number of hydrogen-bond donors (Lipinski definition) is 0. The Morgan fingerprint density at radius 1 is 0.388 bits per heavy atom. The van der Waals surface area contributed by atoms with E-state index < -0.39 is 42.3 Å². The maximum Gasteiger partial charge on any atom is 0.238 e. The third-order valence-corrected chi connectivity index (χ3v) is 8.51. The van der Waals surface area contributed by atoms with Crippen LogP contribution in [0.2, 0.25) is 0 Å². The molecule has 0 aliphatic rings. The van der Waals surface area contributed by atoms with Gasteiger partial charge in [-0.3, -0.25) is 4.57 Å². The summed E-state index contributed by atoms with van der Waals surface area (Å²) in [5, 5.41) is 0.516. The molecule has 0 saturated heterocycles. The van der Waals surface area contributed by atoms with Crippen molar-refractivity contribution in [1.29, 1.82) is 0 Å². The monoisotopic (exact) mass is 635 g/mol. The second-order valence-electron chi connectivity index (χ2n) is 11.4. The average molecular weight is 636 g/mol. The first-order valence-electron chi connectivity index (χ1n) is 20.2. The number of rotatable bonds is 6. The summed E-state index contributed by atoms with van der Waals surface area (Å²) >= 11 is 0. The van der Waals surface area contributed by atoms with Crippen LogP contribution in [0.3, 0.4) is 0 Å². The Hall–Kier alpha value is -6.65. The Morgan fingerprint density at radius 2 is 0.980 bits per heavy atom. The van der Waals surface area contributed by atoms with Crippen LogP contribution >= 0.6 is 0 Å². The topological polar surface area (TPSA) is 43.6 Å². The summed E-state index contributed by atoms with van der Waals surface area (Å²) in [7, 11) is 0. The summed E-state index contributed by atoms with van der Waals surface area (Å²) < 4.78 is 79.2. The highest BCUT2D eigenvalue weighted by Crippen LogP contribution is 2.36. The van der Waals surface area contributed by atoms with Crippen molar-refractivity contribution in [2.24, 2.45) is 0 Å². The van der Waals surface area contributed by atoms with Gasteiger partial charge in [-0.25, -0.2) is 4.98 Å². The molecule has 4 nitrogen and oxygen atoms in total. The van der Waals surface area contributed by atoms with Crippen molar-refractivity contribution in [3.05, 3.63) is 182 Å². The van der Waals surface area contributed by atoms with Crippen molar-refractivity contribution < 1.29 is 12.3 Å². The standard InChI is InChI=1S/C45H30N4/c1-4-14-31(15-5-1)33-24-26-35(27-25-33)43-46-44(39-22-11-10-20-37(39)34-18-8-3-9-19-34)48-45(47-43)49-41-23-13-12-21-38(41)40-30-36(28-29-42(40)49)32-16-6-2-7-17-32/h1-30H/i2D,6D,7D,12D,13D,16D,17D,21D,23D. The minimum absolute atomic E-state index is 0.0316. The first-order chi connectivity index (χ1) is 28.0. The van der Waals surface area contributed by atoms with E-state index in [0.717, 1.165) is 22.3 Å². The second kappa shape index (κ2) is 12.2. The van der Waals surface area contributed by atoms with E-state index in [-0.39, 0.29) is 40.1 Å². The van der Waals surface area contributed by atoms with Gasteiger partial charge in [0.15, 0.2) is 11.6 Å². The van der Waals surface area contributed by atoms with Crippen LogP contribution in [0.5, 0.6) is 0 Å². The summed E-state index contributed by atoms with van der Waals surface area (Å²) in [6.45, 7) is 0. The van der Waals surface area contributed by atoms with E-state index in [1.807, 2.05) is 109 Å². The Kier molecular flexibility index (Phi) is 5.11. The van der Waals surface area contributed by atoms with Gasteiger partial charge in [0.2, 0.25) is 5.95 Å². The van der Waals surface area contributed by atoms with Crippen molar-refractivity contribution in [3.63, 3.8) is 0 Å². The number of para-hydroxylation sites is 1. The molecule has 0 amide bonds. The lowest BCUT2D eigenvalue weighted by Gasteiger charge is -2.13. The fourth-order valence-electron chi connectivity index (χ4n) is 6.18. The van der Waals surface area contributed by atoms with Crippen molar-refractivity contribution in [3.8, 4) is 62.1 Å². The zero-order chi connectivity index (χ0) is 40.4. The molecule has 4 heteroatoms. The molecule has 2 heterocycles. The lowest BCUT2D eigenvalue weighted by molar-refractivity contribution is 0.954. The smallest absolute Gasteiger partial charge is 0.238 e. The van der Waals surface area contributed by atoms with Gasteiger partial charge in [0.25, 0.3) is 0 Å². The van der Waals surface area contributed by atoms with Gasteiger partial charge in [-0.2, -0.15) is 9.97 Å². The first kappa shape index (κ1) is 20.6. The van der Waals surface area contributed by atoms with Crippen LogP contribution in [0.4, 0.5) is 0 Å². The van der Waals surface area contributed by atoms with Gasteiger partial charge in [-0.05, 0) is 51.6 Å². The molecule has 2 aromatic heterocycles. The average Bonchev–Trinajstić information content (AvgIpc) is 3.61. The van der Waals surface area contributed by atoms with E-state index in [1.54, 1.807) is 22.8 Å². The minimum atomic E-state index is -0.518. The Labute approximate surface area is 297 Å². The Bertz CT molecular complexity index is 3070. The van der Waals surface area contributed by atoms with E-state index in [0.29, 0.717) is 33.7 Å². The van der Waals surface area contributed by atoms with E-state index in [9.17, 15) is 1.37 Å². The summed E-state index contributed by atoms with van der Waals surface area (Å²) in [5.41, 5.74) is 6.04. The van der Waals surface area contributed by atoms with Crippen LogP contribution in [-0.2, 0) is 0 Å². The predicted molar refractivity (Wildman–Crippen MR) is 201 cm³/mol. The van der Waals surface area contributed by atoms with Crippen LogP contribution in [0, 0.1) is 0 Å². The van der Waals surface area contributed by atoms with Crippen LogP contribution in [-0.4, -0.2) is 19.5 Å². The predicted octanol–water partition coefficient (Wildman–Crippen LogP) is 11.3. The normalized spacial score (nSPS) is 13.8. The number of nitrogens with zero attached hydrogens (tertiary/aromatic N) is 4. The largest absolute Gasteiger partial charge is 0.278 e. The number of aromatic nitrogens is 4. The van der Waals surface area contributed by atoms with Gasteiger partial charge in [0.05, 0.1) is 23.4 Å². The van der Waals surface area contributed by atoms with E-state index in [2.05, 4.69) is 0 Å². The highest BCUT2D eigenvalue weighted by Gasteiger charge is 2.19. The molecule has 9 rings (SSSR count). The van der Waals surface area contributed by atoms with Crippen LogP contribution in [0.1, 0.15) is 12.3 Å². The van der Waals surface area contributed by atoms with Gasteiger partial charge in [-0.1, -0.05) is 164 Å². The van der Waals surface area contributed by atoms with Gasteiger partial charge in [-0.15, -0.1) is 0 Å². The maximum absolute atomic E-state index is 9.19. The molecule has 0 aliphatic heterocycles. The molecule has 7 aromatic carbocycles. The van der Waals surface area contributed by atoms with E-state index in [1.165, 1.54) is 0 Å². The van der Waals surface area contributed by atoms with E-state index >= 15 is 0 Å². The third-order valence-electron chi connectivity index (χ3n) is 8.51. The number of fused-ring (bicyclic) bond motifs is 3. The SMILES string of the molecule is [2H]c1c([2H])c([2H])c(-c2ccc3c(c2)c2c([2H])c([2H])c([2H])c([2H])c2n3-c2nc(-c3ccc(-c4ccccc4)cc3)nc(-c3ccccc3-c3ccccc3)n2)c([2H])c1[2H]. The summed E-state index contributed by atoms with van der Waals surface area (Å²) in [5.74, 6) is 0.753. The second-order valence-corrected chi connectivity index (χ2v) is 11.4. The van der Waals surface area contributed by atoms with Crippen LogP contribution < -0.4 is 0 Å². The molecule has 0 atom stereocenters. The highest BCUT2D eigenvalue weighted by molar-refractivity contribution is 6.10. The third kappa shape index (κ3) is 5.26. The first-order valence-corrected chi connectivity index (χ1v) is 15.7. The summed E-state index contributed by atoms with van der Waals surface area (Å²) in [4.78, 5) is 15.1. The Balaban J connectivity index is 1.35. The molecule has 0 bridgehead atoms. The minimum Gasteiger partial charge on any atom is -0.278 e. The van der Waals surface area contributed by atoms with Crippen molar-refractivity contribution in [2.45, 2.75) is 0 Å². The molecular formula is C45H30N4. The molecule has 9 aromatic rings. The molecule has 49 heavy (non-hydrogen) atoms. The van der Waals surface area contributed by atoms with Crippen LogP contribution in [0.25, 0.3) is 83.9 Å². The lowest BCUT2D eigenvalue weighted by atomic mass is 9.99. The molecule has 0 radical (unpaired) electrons. The van der Waals surface area contributed by atoms with Gasteiger partial charge in [0.1, 0.15) is 0 Å². The fourth-order valence-corrected chi connectivity index (χ4v) is 6.18. The van der Waals surface area contributed by atoms with E-state index in [4.69, 9.17) is 25.9 Å². The number of hydrogen-bond acceptors (Lipinski definition) is 3.